The molecule has 21 heavy (non-hydrogen) atoms. The molecular formula is C13H14ClN3O4. The number of hydrogen-bond acceptors (Lipinski definition) is 7. The van der Waals surface area contributed by atoms with Gasteiger partial charge in [0.1, 0.15) is 5.02 Å². The van der Waals surface area contributed by atoms with Gasteiger partial charge in [-0.2, -0.15) is 0 Å². The molecule has 2 aromatic heterocycles. The van der Waals surface area contributed by atoms with E-state index < -0.39 is 5.60 Å². The van der Waals surface area contributed by atoms with E-state index in [9.17, 15) is 0 Å². The van der Waals surface area contributed by atoms with E-state index >= 15 is 0 Å². The molecular weight excluding hydrogens is 298 g/mol. The van der Waals surface area contributed by atoms with E-state index in [1.807, 2.05) is 0 Å². The minimum absolute atomic E-state index is 0.324. The van der Waals surface area contributed by atoms with Crippen molar-refractivity contribution in [1.29, 1.82) is 0 Å². The Balaban J connectivity index is 1.93. The van der Waals surface area contributed by atoms with Crippen LogP contribution in [0.3, 0.4) is 0 Å². The van der Waals surface area contributed by atoms with Crippen LogP contribution in [0.2, 0.25) is 5.02 Å². The van der Waals surface area contributed by atoms with Crippen LogP contribution in [0.4, 0.5) is 0 Å². The summed E-state index contributed by atoms with van der Waals surface area (Å²) in [5.41, 5.74) is -0.0562. The summed E-state index contributed by atoms with van der Waals surface area (Å²) < 4.78 is 21.6. The lowest BCUT2D eigenvalue weighted by atomic mass is 10.0. The Hall–Kier alpha value is -1.70. The molecule has 0 radical (unpaired) electrons. The third kappa shape index (κ3) is 2.48. The van der Waals surface area contributed by atoms with Gasteiger partial charge in [0.2, 0.25) is 11.8 Å². The Morgan fingerprint density at radius 1 is 1.33 bits per heavy atom. The average molecular weight is 312 g/mol. The molecule has 0 amide bonds. The van der Waals surface area contributed by atoms with Gasteiger partial charge >= 0.3 is 0 Å². The third-order valence-corrected chi connectivity index (χ3v) is 3.71. The van der Waals surface area contributed by atoms with E-state index in [-0.39, 0.29) is 0 Å². The van der Waals surface area contributed by atoms with Crippen LogP contribution >= 0.6 is 11.6 Å². The van der Waals surface area contributed by atoms with Crippen LogP contribution < -0.4 is 4.74 Å². The standard InChI is InChI=1S/C13H14ClN3O4/c1-18-11-9(14)5-8(6-15-11)10-16-17-12(21-10)13(19-2)3-4-20-7-13/h5-6H,3-4,7H2,1-2H3. The van der Waals surface area contributed by atoms with Crippen molar-refractivity contribution in [3.05, 3.63) is 23.2 Å². The van der Waals surface area contributed by atoms with Crippen molar-refractivity contribution in [2.45, 2.75) is 12.0 Å². The van der Waals surface area contributed by atoms with Crippen molar-refractivity contribution in [3.8, 4) is 17.3 Å². The summed E-state index contributed by atoms with van der Waals surface area (Å²) in [6.07, 6.45) is 2.24. The second-order valence-electron chi connectivity index (χ2n) is 4.63. The summed E-state index contributed by atoms with van der Waals surface area (Å²) >= 11 is 6.05. The zero-order chi connectivity index (χ0) is 14.9. The van der Waals surface area contributed by atoms with Crippen molar-refractivity contribution in [2.24, 2.45) is 0 Å². The minimum atomic E-state index is -0.672. The van der Waals surface area contributed by atoms with Gasteiger partial charge in [0.25, 0.3) is 5.89 Å². The fourth-order valence-corrected chi connectivity index (χ4v) is 2.42. The molecule has 1 atom stereocenters. The molecule has 1 fully saturated rings. The molecule has 0 aliphatic carbocycles. The fraction of sp³-hybridized carbons (Fsp3) is 0.462. The molecule has 0 spiro atoms. The van der Waals surface area contributed by atoms with Crippen LogP contribution in [0.1, 0.15) is 12.3 Å². The summed E-state index contributed by atoms with van der Waals surface area (Å²) in [7, 11) is 3.10. The molecule has 3 heterocycles. The van der Waals surface area contributed by atoms with Crippen LogP contribution in [-0.4, -0.2) is 42.6 Å². The number of hydrogen-bond donors (Lipinski definition) is 0. The molecule has 1 aliphatic heterocycles. The van der Waals surface area contributed by atoms with Crippen molar-refractivity contribution in [2.75, 3.05) is 27.4 Å². The number of methoxy groups -OCH3 is 2. The number of halogens is 1. The van der Waals surface area contributed by atoms with Crippen LogP contribution in [0, 0.1) is 0 Å². The predicted octanol–water partition coefficient (Wildman–Crippen LogP) is 2.06. The van der Waals surface area contributed by atoms with Crippen LogP contribution in [0.5, 0.6) is 5.88 Å². The van der Waals surface area contributed by atoms with Crippen LogP contribution in [0.15, 0.2) is 16.7 Å². The molecule has 0 saturated carbocycles. The van der Waals surface area contributed by atoms with Gasteiger partial charge in [-0.05, 0) is 6.07 Å². The highest BCUT2D eigenvalue weighted by molar-refractivity contribution is 6.32. The lowest BCUT2D eigenvalue weighted by molar-refractivity contribution is -0.0407. The Morgan fingerprint density at radius 3 is 2.81 bits per heavy atom. The van der Waals surface area contributed by atoms with Gasteiger partial charge in [0.15, 0.2) is 5.60 Å². The number of rotatable bonds is 4. The van der Waals surface area contributed by atoms with E-state index in [4.69, 9.17) is 30.2 Å². The second kappa shape index (κ2) is 5.59. The maximum atomic E-state index is 6.05. The summed E-state index contributed by atoms with van der Waals surface area (Å²) in [5.74, 6) is 1.06. The molecule has 8 heteroatoms. The van der Waals surface area contributed by atoms with Gasteiger partial charge in [-0.25, -0.2) is 4.98 Å². The molecule has 0 bridgehead atoms. The van der Waals surface area contributed by atoms with E-state index in [0.717, 1.165) is 0 Å². The Kier molecular flexibility index (Phi) is 3.79. The normalized spacial score (nSPS) is 21.7. The first-order chi connectivity index (χ1) is 10.2. The van der Waals surface area contributed by atoms with Gasteiger partial charge in [-0.1, -0.05) is 11.6 Å². The van der Waals surface area contributed by atoms with E-state index in [2.05, 4.69) is 15.2 Å². The number of aromatic nitrogens is 3. The highest BCUT2D eigenvalue weighted by Crippen LogP contribution is 2.35. The molecule has 112 valence electrons. The molecule has 0 N–H and O–H groups in total. The molecule has 2 aromatic rings. The zero-order valence-corrected chi connectivity index (χ0v) is 12.4. The highest BCUT2D eigenvalue weighted by Gasteiger charge is 2.42. The molecule has 7 nitrogen and oxygen atoms in total. The maximum Gasteiger partial charge on any atom is 0.251 e. The second-order valence-corrected chi connectivity index (χ2v) is 5.04. The van der Waals surface area contributed by atoms with Crippen molar-refractivity contribution in [1.82, 2.24) is 15.2 Å². The lowest BCUT2D eigenvalue weighted by Crippen LogP contribution is -2.29. The number of ether oxygens (including phenoxy) is 3. The van der Waals surface area contributed by atoms with Crippen molar-refractivity contribution in [3.63, 3.8) is 0 Å². The van der Waals surface area contributed by atoms with Crippen LogP contribution in [0.25, 0.3) is 11.5 Å². The van der Waals surface area contributed by atoms with Crippen LogP contribution in [-0.2, 0) is 15.1 Å². The highest BCUT2D eigenvalue weighted by atomic mass is 35.5. The van der Waals surface area contributed by atoms with Gasteiger partial charge in [-0.3, -0.25) is 0 Å². The topological polar surface area (TPSA) is 79.5 Å². The SMILES string of the molecule is COc1ncc(-c2nnc(C3(OC)CCOC3)o2)cc1Cl. The Morgan fingerprint density at radius 2 is 2.19 bits per heavy atom. The first kappa shape index (κ1) is 14.2. The molecule has 1 saturated heterocycles. The Labute approximate surface area is 126 Å². The summed E-state index contributed by atoms with van der Waals surface area (Å²) in [6, 6.07) is 1.66. The maximum absolute atomic E-state index is 6.05. The Bertz CT molecular complexity index is 640. The number of pyridine rings is 1. The minimum Gasteiger partial charge on any atom is -0.480 e. The van der Waals surface area contributed by atoms with E-state index in [1.54, 1.807) is 19.4 Å². The zero-order valence-electron chi connectivity index (χ0n) is 11.6. The van der Waals surface area contributed by atoms with Gasteiger partial charge < -0.3 is 18.6 Å². The monoisotopic (exact) mass is 311 g/mol. The smallest absolute Gasteiger partial charge is 0.251 e. The largest absolute Gasteiger partial charge is 0.480 e. The first-order valence-corrected chi connectivity index (χ1v) is 6.73. The third-order valence-electron chi connectivity index (χ3n) is 3.44. The molecule has 1 aliphatic rings. The lowest BCUT2D eigenvalue weighted by Gasteiger charge is -2.20. The molecule has 1 unspecified atom stereocenters. The van der Waals surface area contributed by atoms with E-state index in [0.29, 0.717) is 47.9 Å². The molecule has 0 aromatic carbocycles. The quantitative estimate of drug-likeness (QED) is 0.855. The average Bonchev–Trinajstić information content (AvgIpc) is 3.17. The van der Waals surface area contributed by atoms with Crippen molar-refractivity contribution < 1.29 is 18.6 Å². The first-order valence-electron chi connectivity index (χ1n) is 6.35. The number of nitrogens with zero attached hydrogens (tertiary/aromatic N) is 3. The molecule has 3 rings (SSSR count). The van der Waals surface area contributed by atoms with Gasteiger partial charge in [-0.15, -0.1) is 10.2 Å². The van der Waals surface area contributed by atoms with E-state index in [1.165, 1.54) is 7.11 Å². The fourth-order valence-electron chi connectivity index (χ4n) is 2.18. The summed E-state index contributed by atoms with van der Waals surface area (Å²) in [5, 5.41) is 8.47. The van der Waals surface area contributed by atoms with Crippen molar-refractivity contribution >= 4 is 11.6 Å². The predicted molar refractivity (Wildman–Crippen MR) is 73.2 cm³/mol. The van der Waals surface area contributed by atoms with Gasteiger partial charge in [0, 0.05) is 19.7 Å². The summed E-state index contributed by atoms with van der Waals surface area (Å²) in [4.78, 5) is 4.08. The summed E-state index contributed by atoms with van der Waals surface area (Å²) in [6.45, 7) is 0.994. The van der Waals surface area contributed by atoms with Gasteiger partial charge in [0.05, 0.1) is 25.9 Å².